The van der Waals surface area contributed by atoms with E-state index in [4.69, 9.17) is 4.74 Å². The minimum absolute atomic E-state index is 0.0460. The molecule has 1 heterocycles. The number of amides is 3. The average Bonchev–Trinajstić information content (AvgIpc) is 2.92. The molecule has 1 aliphatic rings. The quantitative estimate of drug-likeness (QED) is 0.378. The van der Waals surface area contributed by atoms with Crippen LogP contribution >= 0.6 is 0 Å². The van der Waals surface area contributed by atoms with Gasteiger partial charge in [-0.2, -0.15) is 0 Å². The second-order valence-corrected chi connectivity index (χ2v) is 7.34. The molecule has 0 fully saturated rings. The second kappa shape index (κ2) is 10.0. The van der Waals surface area contributed by atoms with Crippen LogP contribution in [0.5, 0.6) is 0 Å². The Labute approximate surface area is 165 Å². The van der Waals surface area contributed by atoms with Crippen LogP contribution in [0.25, 0.3) is 0 Å². The fourth-order valence-electron chi connectivity index (χ4n) is 3.13. The highest BCUT2D eigenvalue weighted by molar-refractivity contribution is 6.22. The molecule has 0 aromatic heterocycles. The summed E-state index contributed by atoms with van der Waals surface area (Å²) in [7, 11) is 0. The first-order chi connectivity index (χ1) is 13.4. The number of imide groups is 1. The molecular weight excluding hydrogens is 360 g/mol. The minimum atomic E-state index is -1.06. The van der Waals surface area contributed by atoms with Crippen molar-refractivity contribution in [2.24, 2.45) is 5.92 Å². The molecule has 28 heavy (non-hydrogen) atoms. The van der Waals surface area contributed by atoms with Crippen molar-refractivity contribution in [1.82, 2.24) is 10.2 Å². The van der Waals surface area contributed by atoms with Gasteiger partial charge in [-0.25, -0.2) is 4.79 Å². The van der Waals surface area contributed by atoms with E-state index in [1.54, 1.807) is 24.3 Å². The van der Waals surface area contributed by atoms with Gasteiger partial charge < -0.3 is 10.1 Å². The van der Waals surface area contributed by atoms with Gasteiger partial charge in [-0.15, -0.1) is 0 Å². The van der Waals surface area contributed by atoms with Crippen LogP contribution in [-0.4, -0.2) is 47.8 Å². The van der Waals surface area contributed by atoms with Crippen molar-refractivity contribution in [2.75, 3.05) is 13.2 Å². The maximum Gasteiger partial charge on any atom is 0.329 e. The van der Waals surface area contributed by atoms with Crippen LogP contribution in [0, 0.1) is 5.92 Å². The largest absolute Gasteiger partial charge is 0.454 e. The van der Waals surface area contributed by atoms with Crippen molar-refractivity contribution >= 4 is 23.7 Å². The van der Waals surface area contributed by atoms with Gasteiger partial charge in [0.2, 0.25) is 0 Å². The molecule has 0 aliphatic carbocycles. The Morgan fingerprint density at radius 1 is 1.07 bits per heavy atom. The fraction of sp³-hybridized carbons (Fsp3) is 0.524. The summed E-state index contributed by atoms with van der Waals surface area (Å²) < 4.78 is 5.13. The predicted octanol–water partition coefficient (Wildman–Crippen LogP) is 2.55. The van der Waals surface area contributed by atoms with Crippen LogP contribution in [0.3, 0.4) is 0 Å². The van der Waals surface area contributed by atoms with Gasteiger partial charge in [-0.05, 0) is 30.9 Å². The van der Waals surface area contributed by atoms with Crippen LogP contribution in [0.2, 0.25) is 0 Å². The monoisotopic (exact) mass is 388 g/mol. The zero-order chi connectivity index (χ0) is 20.7. The Bertz CT molecular complexity index is 709. The van der Waals surface area contributed by atoms with Crippen LogP contribution in [0.15, 0.2) is 24.3 Å². The van der Waals surface area contributed by atoms with Crippen molar-refractivity contribution < 1.29 is 23.9 Å². The number of fused-ring (bicyclic) bond motifs is 1. The number of nitrogens with zero attached hydrogens (tertiary/aromatic N) is 1. The van der Waals surface area contributed by atoms with Crippen LogP contribution in [-0.2, 0) is 14.3 Å². The topological polar surface area (TPSA) is 92.8 Å². The third kappa shape index (κ3) is 5.18. The van der Waals surface area contributed by atoms with Gasteiger partial charge in [-0.1, -0.05) is 45.7 Å². The Kier molecular flexibility index (Phi) is 7.72. The smallest absolute Gasteiger partial charge is 0.329 e. The molecule has 1 N–H and O–H groups in total. The molecule has 0 saturated heterocycles. The van der Waals surface area contributed by atoms with E-state index in [2.05, 4.69) is 12.2 Å². The third-order valence-corrected chi connectivity index (χ3v) is 4.55. The van der Waals surface area contributed by atoms with Crippen molar-refractivity contribution in [2.45, 2.75) is 52.5 Å². The fourth-order valence-corrected chi connectivity index (χ4v) is 3.13. The number of carbonyl (C=O) groups is 4. The highest BCUT2D eigenvalue weighted by Gasteiger charge is 2.43. The van der Waals surface area contributed by atoms with Gasteiger partial charge in [0, 0.05) is 6.54 Å². The lowest BCUT2D eigenvalue weighted by Crippen LogP contribution is -2.47. The Balaban J connectivity index is 2.04. The van der Waals surface area contributed by atoms with E-state index in [1.807, 2.05) is 13.8 Å². The summed E-state index contributed by atoms with van der Waals surface area (Å²) >= 11 is 0. The Morgan fingerprint density at radius 3 is 2.21 bits per heavy atom. The highest BCUT2D eigenvalue weighted by atomic mass is 16.5. The summed E-state index contributed by atoms with van der Waals surface area (Å²) in [5, 5.41) is 2.69. The highest BCUT2D eigenvalue weighted by Crippen LogP contribution is 2.27. The van der Waals surface area contributed by atoms with Gasteiger partial charge in [0.1, 0.15) is 6.04 Å². The van der Waals surface area contributed by atoms with Crippen LogP contribution < -0.4 is 5.32 Å². The van der Waals surface area contributed by atoms with Crippen molar-refractivity contribution in [1.29, 1.82) is 0 Å². The van der Waals surface area contributed by atoms with Crippen molar-refractivity contribution in [3.8, 4) is 0 Å². The molecule has 152 valence electrons. The van der Waals surface area contributed by atoms with E-state index in [9.17, 15) is 19.2 Å². The number of benzene rings is 1. The van der Waals surface area contributed by atoms with Gasteiger partial charge in [0.05, 0.1) is 11.1 Å². The predicted molar refractivity (Wildman–Crippen MR) is 104 cm³/mol. The molecule has 1 unspecified atom stereocenters. The maximum absolute atomic E-state index is 12.7. The van der Waals surface area contributed by atoms with Gasteiger partial charge in [0.25, 0.3) is 17.7 Å². The number of carbonyl (C=O) groups excluding carboxylic acids is 4. The molecule has 7 heteroatoms. The van der Waals surface area contributed by atoms with Crippen molar-refractivity contribution in [3.05, 3.63) is 35.4 Å². The summed E-state index contributed by atoms with van der Waals surface area (Å²) in [5.41, 5.74) is 0.561. The van der Waals surface area contributed by atoms with Crippen molar-refractivity contribution in [3.63, 3.8) is 0 Å². The summed E-state index contributed by atoms with van der Waals surface area (Å²) in [6.07, 6.45) is 3.18. The third-order valence-electron chi connectivity index (χ3n) is 4.55. The first kappa shape index (κ1) is 21.6. The van der Waals surface area contributed by atoms with E-state index < -0.39 is 36.3 Å². The van der Waals surface area contributed by atoms with E-state index in [-0.39, 0.29) is 23.5 Å². The molecule has 1 aliphatic heterocycles. The average molecular weight is 388 g/mol. The van der Waals surface area contributed by atoms with Gasteiger partial charge in [-0.3, -0.25) is 19.3 Å². The molecular formula is C21H28N2O5. The molecule has 0 bridgehead atoms. The molecule has 1 aromatic rings. The summed E-state index contributed by atoms with van der Waals surface area (Å²) in [6, 6.07) is 5.42. The van der Waals surface area contributed by atoms with Crippen LogP contribution in [0.4, 0.5) is 0 Å². The lowest BCUT2D eigenvalue weighted by atomic mass is 10.0. The molecule has 2 rings (SSSR count). The molecule has 1 atom stereocenters. The summed E-state index contributed by atoms with van der Waals surface area (Å²) in [6.45, 7) is 5.94. The van der Waals surface area contributed by atoms with E-state index in [0.717, 1.165) is 24.2 Å². The van der Waals surface area contributed by atoms with E-state index in [1.165, 1.54) is 0 Å². The standard InChI is InChI=1S/C21H28N2O5/c1-4-5-8-11-22-18(24)13-28-21(27)17(12-14(2)3)23-19(25)15-9-6-7-10-16(15)20(23)26/h6-7,9-10,14,17H,4-5,8,11-13H2,1-3H3,(H,22,24). The van der Waals surface area contributed by atoms with E-state index >= 15 is 0 Å². The first-order valence-electron chi connectivity index (χ1n) is 9.77. The number of unbranched alkanes of at least 4 members (excludes halogenated alkanes) is 2. The molecule has 0 radical (unpaired) electrons. The normalized spacial score (nSPS) is 14.2. The molecule has 0 spiro atoms. The van der Waals surface area contributed by atoms with Gasteiger partial charge >= 0.3 is 5.97 Å². The SMILES string of the molecule is CCCCCNC(=O)COC(=O)C(CC(C)C)N1C(=O)c2ccccc2C1=O. The number of hydrogen-bond acceptors (Lipinski definition) is 5. The number of nitrogens with one attached hydrogen (secondary N) is 1. The van der Waals surface area contributed by atoms with Crippen LogP contribution in [0.1, 0.15) is 67.2 Å². The Hall–Kier alpha value is -2.70. The lowest BCUT2D eigenvalue weighted by molar-refractivity contribution is -0.152. The lowest BCUT2D eigenvalue weighted by Gasteiger charge is -2.25. The second-order valence-electron chi connectivity index (χ2n) is 7.34. The number of hydrogen-bond donors (Lipinski definition) is 1. The molecule has 1 aromatic carbocycles. The maximum atomic E-state index is 12.7. The first-order valence-corrected chi connectivity index (χ1v) is 9.77. The molecule has 7 nitrogen and oxygen atoms in total. The minimum Gasteiger partial charge on any atom is -0.454 e. The van der Waals surface area contributed by atoms with Gasteiger partial charge in [0.15, 0.2) is 6.61 Å². The number of esters is 1. The summed E-state index contributed by atoms with van der Waals surface area (Å²) in [5.74, 6) is -2.11. The number of ether oxygens (including phenoxy) is 1. The number of rotatable bonds is 10. The zero-order valence-corrected chi connectivity index (χ0v) is 16.7. The molecule has 0 saturated carbocycles. The summed E-state index contributed by atoms with van der Waals surface area (Å²) in [4.78, 5) is 50.8. The van der Waals surface area contributed by atoms with E-state index in [0.29, 0.717) is 6.54 Å². The molecule has 3 amide bonds. The zero-order valence-electron chi connectivity index (χ0n) is 16.7. The Morgan fingerprint density at radius 2 is 1.68 bits per heavy atom.